The van der Waals surface area contributed by atoms with Crippen molar-refractivity contribution >= 4 is 31.9 Å². The molecule has 16 heavy (non-hydrogen) atoms. The molecule has 0 saturated heterocycles. The van der Waals surface area contributed by atoms with Gasteiger partial charge >= 0.3 is 0 Å². The molecule has 0 aromatic heterocycles. The molecule has 1 atom stereocenters. The van der Waals surface area contributed by atoms with Crippen LogP contribution in [0, 0.1) is 11.6 Å². The lowest BCUT2D eigenvalue weighted by Gasteiger charge is -2.23. The van der Waals surface area contributed by atoms with Crippen LogP contribution in [-0.2, 0) is 6.54 Å². The van der Waals surface area contributed by atoms with Crippen LogP contribution in [0.2, 0.25) is 0 Å². The van der Waals surface area contributed by atoms with Gasteiger partial charge in [0, 0.05) is 23.5 Å². The lowest BCUT2D eigenvalue weighted by Crippen LogP contribution is -2.30. The van der Waals surface area contributed by atoms with E-state index in [4.69, 9.17) is 0 Å². The van der Waals surface area contributed by atoms with E-state index in [-0.39, 0.29) is 18.2 Å². The van der Waals surface area contributed by atoms with E-state index >= 15 is 0 Å². The van der Waals surface area contributed by atoms with Crippen molar-refractivity contribution in [3.05, 3.63) is 33.8 Å². The average Bonchev–Trinajstić information content (AvgIpc) is 2.28. The molecule has 0 radical (unpaired) electrons. The topological polar surface area (TPSA) is 3.24 Å². The van der Waals surface area contributed by atoms with Crippen molar-refractivity contribution in [2.45, 2.75) is 19.5 Å². The molecule has 1 aromatic rings. The lowest BCUT2D eigenvalue weighted by molar-refractivity contribution is 0.262. The first-order chi connectivity index (χ1) is 7.47. The number of halogens is 4. The normalized spacial score (nSPS) is 13.2. The lowest BCUT2D eigenvalue weighted by atomic mass is 10.1. The first-order valence-electron chi connectivity index (χ1n) is 4.86. The van der Waals surface area contributed by atoms with Crippen molar-refractivity contribution in [1.82, 2.24) is 4.90 Å². The number of hydrogen-bond donors (Lipinski definition) is 0. The Kier molecular flexibility index (Phi) is 5.34. The van der Waals surface area contributed by atoms with Gasteiger partial charge in [-0.2, -0.15) is 0 Å². The zero-order valence-corrected chi connectivity index (χ0v) is 12.3. The van der Waals surface area contributed by atoms with Gasteiger partial charge in [-0.15, -0.1) is 0 Å². The Hall–Kier alpha value is -0.0000000000000000555. The molecule has 0 aliphatic rings. The summed E-state index contributed by atoms with van der Waals surface area (Å²) in [6, 6.07) is 2.87. The minimum absolute atomic E-state index is 0.102. The average molecular weight is 357 g/mol. The molecule has 1 rings (SSSR count). The van der Waals surface area contributed by atoms with Crippen molar-refractivity contribution < 1.29 is 8.78 Å². The Morgan fingerprint density at radius 1 is 1.38 bits per heavy atom. The maximum Gasteiger partial charge on any atom is 0.144 e. The Labute approximate surface area is 111 Å². The third-order valence-electron chi connectivity index (χ3n) is 2.52. The molecule has 1 unspecified atom stereocenters. The van der Waals surface area contributed by atoms with Crippen molar-refractivity contribution in [3.8, 4) is 0 Å². The predicted molar refractivity (Wildman–Crippen MR) is 68.8 cm³/mol. The maximum absolute atomic E-state index is 13.7. The molecule has 0 heterocycles. The molecule has 0 aliphatic carbocycles. The first kappa shape index (κ1) is 14.1. The summed E-state index contributed by atoms with van der Waals surface area (Å²) in [6.07, 6.45) is 0. The second-order valence-corrected chi connectivity index (χ2v) is 5.24. The van der Waals surface area contributed by atoms with Gasteiger partial charge in [0.2, 0.25) is 0 Å². The smallest absolute Gasteiger partial charge is 0.144 e. The van der Waals surface area contributed by atoms with E-state index in [0.717, 1.165) is 5.33 Å². The Bertz CT molecular complexity index is 371. The molecule has 0 bridgehead atoms. The number of alkyl halides is 1. The molecule has 1 nitrogen and oxygen atoms in total. The van der Waals surface area contributed by atoms with Gasteiger partial charge in [-0.1, -0.05) is 15.9 Å². The summed E-state index contributed by atoms with van der Waals surface area (Å²) in [5.74, 6) is -1.03. The van der Waals surface area contributed by atoms with E-state index < -0.39 is 11.6 Å². The van der Waals surface area contributed by atoms with Gasteiger partial charge in [0.05, 0.1) is 4.47 Å². The fourth-order valence-electron chi connectivity index (χ4n) is 1.24. The highest BCUT2D eigenvalue weighted by Gasteiger charge is 2.16. The fourth-order valence-corrected chi connectivity index (χ4v) is 2.10. The third-order valence-corrected chi connectivity index (χ3v) is 4.07. The van der Waals surface area contributed by atoms with Crippen LogP contribution < -0.4 is 0 Å². The molecule has 90 valence electrons. The molecule has 0 N–H and O–H groups in total. The van der Waals surface area contributed by atoms with Gasteiger partial charge < -0.3 is 0 Å². The van der Waals surface area contributed by atoms with Gasteiger partial charge in [0.25, 0.3) is 0 Å². The van der Waals surface area contributed by atoms with Crippen LogP contribution in [-0.4, -0.2) is 23.3 Å². The van der Waals surface area contributed by atoms with E-state index in [1.165, 1.54) is 12.1 Å². The SMILES string of the molecule is CC(CBr)N(C)Cc1c(F)ccc(Br)c1F. The van der Waals surface area contributed by atoms with Crippen LogP contribution in [0.1, 0.15) is 12.5 Å². The molecular formula is C11H13Br2F2N. The second-order valence-electron chi connectivity index (χ2n) is 3.74. The largest absolute Gasteiger partial charge is 0.298 e. The van der Waals surface area contributed by atoms with Gasteiger partial charge in [0.15, 0.2) is 0 Å². The highest BCUT2D eigenvalue weighted by molar-refractivity contribution is 9.10. The molecular weight excluding hydrogens is 344 g/mol. The van der Waals surface area contributed by atoms with Crippen molar-refractivity contribution in [3.63, 3.8) is 0 Å². The predicted octanol–water partition coefficient (Wildman–Crippen LogP) is 3.94. The summed E-state index contributed by atoms with van der Waals surface area (Å²) in [5, 5.41) is 0.765. The van der Waals surface area contributed by atoms with Gasteiger partial charge in [-0.25, -0.2) is 8.78 Å². The van der Waals surface area contributed by atoms with E-state index in [1.807, 2.05) is 18.9 Å². The van der Waals surface area contributed by atoms with E-state index in [1.54, 1.807) is 0 Å². The van der Waals surface area contributed by atoms with Crippen LogP contribution in [0.4, 0.5) is 8.78 Å². The number of rotatable bonds is 4. The van der Waals surface area contributed by atoms with Crippen LogP contribution in [0.3, 0.4) is 0 Å². The summed E-state index contributed by atoms with van der Waals surface area (Å²) >= 11 is 6.40. The second kappa shape index (κ2) is 6.07. The zero-order chi connectivity index (χ0) is 12.3. The standard InChI is InChI=1S/C11H13Br2F2N/c1-7(5-12)16(2)6-8-10(14)4-3-9(13)11(8)15/h3-4,7H,5-6H2,1-2H3. The monoisotopic (exact) mass is 355 g/mol. The zero-order valence-electron chi connectivity index (χ0n) is 9.11. The van der Waals surface area contributed by atoms with Gasteiger partial charge in [0.1, 0.15) is 11.6 Å². The maximum atomic E-state index is 13.7. The fraction of sp³-hybridized carbons (Fsp3) is 0.455. The van der Waals surface area contributed by atoms with Gasteiger partial charge in [-0.05, 0) is 42.0 Å². The van der Waals surface area contributed by atoms with Gasteiger partial charge in [-0.3, -0.25) is 4.90 Å². The molecule has 0 saturated carbocycles. The summed E-state index contributed by atoms with van der Waals surface area (Å²) in [5.41, 5.74) is 0.102. The van der Waals surface area contributed by atoms with E-state index in [0.29, 0.717) is 4.47 Å². The molecule has 0 aliphatic heterocycles. The van der Waals surface area contributed by atoms with E-state index in [2.05, 4.69) is 31.9 Å². The number of hydrogen-bond acceptors (Lipinski definition) is 1. The Balaban J connectivity index is 2.92. The van der Waals surface area contributed by atoms with Crippen molar-refractivity contribution in [2.75, 3.05) is 12.4 Å². The Morgan fingerprint density at radius 2 is 2.00 bits per heavy atom. The number of benzene rings is 1. The number of nitrogens with zero attached hydrogens (tertiary/aromatic N) is 1. The molecule has 0 fully saturated rings. The third kappa shape index (κ3) is 3.25. The highest BCUT2D eigenvalue weighted by Crippen LogP contribution is 2.23. The Morgan fingerprint density at radius 3 is 2.56 bits per heavy atom. The van der Waals surface area contributed by atoms with Crippen LogP contribution in [0.15, 0.2) is 16.6 Å². The van der Waals surface area contributed by atoms with Crippen LogP contribution in [0.25, 0.3) is 0 Å². The molecule has 0 spiro atoms. The summed E-state index contributed by atoms with van der Waals surface area (Å²) in [6.45, 7) is 2.24. The van der Waals surface area contributed by atoms with Crippen LogP contribution >= 0.6 is 31.9 Å². The van der Waals surface area contributed by atoms with Crippen molar-refractivity contribution in [1.29, 1.82) is 0 Å². The summed E-state index contributed by atoms with van der Waals surface area (Å²) in [7, 11) is 1.84. The summed E-state index contributed by atoms with van der Waals surface area (Å²) < 4.78 is 27.4. The molecule has 5 heteroatoms. The summed E-state index contributed by atoms with van der Waals surface area (Å²) in [4.78, 5) is 1.89. The highest BCUT2D eigenvalue weighted by atomic mass is 79.9. The molecule has 1 aromatic carbocycles. The molecule has 0 amide bonds. The minimum Gasteiger partial charge on any atom is -0.298 e. The quantitative estimate of drug-likeness (QED) is 0.583. The van der Waals surface area contributed by atoms with Crippen molar-refractivity contribution in [2.24, 2.45) is 0 Å². The van der Waals surface area contributed by atoms with Crippen LogP contribution in [0.5, 0.6) is 0 Å². The first-order valence-corrected chi connectivity index (χ1v) is 6.77. The minimum atomic E-state index is -0.520. The van der Waals surface area contributed by atoms with E-state index in [9.17, 15) is 8.78 Å².